The Morgan fingerprint density at radius 2 is 2.05 bits per heavy atom. The highest BCUT2D eigenvalue weighted by molar-refractivity contribution is 5.75. The Labute approximate surface area is 126 Å². The second-order valence-corrected chi connectivity index (χ2v) is 5.57. The summed E-state index contributed by atoms with van der Waals surface area (Å²) in [6, 6.07) is 7.47. The Morgan fingerprint density at radius 1 is 1.29 bits per heavy atom. The molecule has 0 atom stereocenters. The molecule has 0 aromatic heterocycles. The van der Waals surface area contributed by atoms with Crippen LogP contribution in [-0.4, -0.2) is 26.2 Å². The van der Waals surface area contributed by atoms with Crippen LogP contribution in [-0.2, 0) is 4.79 Å². The van der Waals surface area contributed by atoms with Gasteiger partial charge in [-0.1, -0.05) is 31.7 Å². The van der Waals surface area contributed by atoms with Gasteiger partial charge < -0.3 is 14.8 Å². The van der Waals surface area contributed by atoms with Crippen molar-refractivity contribution in [3.8, 4) is 11.5 Å². The summed E-state index contributed by atoms with van der Waals surface area (Å²) >= 11 is 0. The summed E-state index contributed by atoms with van der Waals surface area (Å²) in [5, 5.41) is 2.91. The number of carbonyl (C=O) groups excluding carboxylic acids is 1. The number of benzene rings is 1. The Balaban J connectivity index is 1.57. The van der Waals surface area contributed by atoms with Crippen molar-refractivity contribution < 1.29 is 14.3 Å². The molecule has 0 bridgehead atoms. The van der Waals surface area contributed by atoms with E-state index in [4.69, 9.17) is 9.47 Å². The van der Waals surface area contributed by atoms with Crippen molar-refractivity contribution in [3.63, 3.8) is 0 Å². The van der Waals surface area contributed by atoms with Gasteiger partial charge in [0.2, 0.25) is 5.91 Å². The van der Waals surface area contributed by atoms with Gasteiger partial charge in [-0.25, -0.2) is 0 Å². The maximum absolute atomic E-state index is 11.7. The van der Waals surface area contributed by atoms with Gasteiger partial charge in [0, 0.05) is 12.5 Å². The molecule has 1 saturated carbocycles. The number of rotatable bonds is 8. The second-order valence-electron chi connectivity index (χ2n) is 5.57. The summed E-state index contributed by atoms with van der Waals surface area (Å²) in [4.78, 5) is 11.7. The first-order valence-electron chi connectivity index (χ1n) is 7.81. The van der Waals surface area contributed by atoms with Crippen molar-refractivity contribution >= 4 is 5.91 Å². The average molecular weight is 291 g/mol. The fourth-order valence-electron chi connectivity index (χ4n) is 2.77. The van der Waals surface area contributed by atoms with E-state index in [1.54, 1.807) is 7.11 Å². The minimum Gasteiger partial charge on any atom is -0.497 e. The molecule has 1 N–H and O–H groups in total. The lowest BCUT2D eigenvalue weighted by Gasteiger charge is -2.10. The number of carbonyl (C=O) groups is 1. The summed E-state index contributed by atoms with van der Waals surface area (Å²) in [5.41, 5.74) is 0. The van der Waals surface area contributed by atoms with Crippen molar-refractivity contribution in [1.82, 2.24) is 5.32 Å². The number of nitrogens with one attached hydrogen (secondary N) is 1. The van der Waals surface area contributed by atoms with E-state index in [2.05, 4.69) is 5.32 Å². The summed E-state index contributed by atoms with van der Waals surface area (Å²) in [7, 11) is 1.63. The van der Waals surface area contributed by atoms with Crippen LogP contribution < -0.4 is 14.8 Å². The van der Waals surface area contributed by atoms with Crippen LogP contribution in [0.4, 0.5) is 0 Å². The van der Waals surface area contributed by atoms with Crippen LogP contribution in [0.1, 0.15) is 38.5 Å². The topological polar surface area (TPSA) is 47.6 Å². The molecule has 0 radical (unpaired) electrons. The predicted octanol–water partition coefficient (Wildman–Crippen LogP) is 3.16. The number of methoxy groups -OCH3 is 1. The van der Waals surface area contributed by atoms with Gasteiger partial charge in [-0.2, -0.15) is 0 Å². The molecule has 0 spiro atoms. The SMILES string of the molecule is COc1cccc(OCCNC(=O)CCC2CCCC2)c1. The third-order valence-electron chi connectivity index (χ3n) is 3.99. The van der Waals surface area contributed by atoms with Crippen molar-refractivity contribution in [3.05, 3.63) is 24.3 Å². The predicted molar refractivity (Wildman–Crippen MR) is 82.7 cm³/mol. The molecule has 1 aromatic rings. The van der Waals surface area contributed by atoms with Crippen molar-refractivity contribution in [2.75, 3.05) is 20.3 Å². The molecule has 0 aliphatic heterocycles. The van der Waals surface area contributed by atoms with E-state index >= 15 is 0 Å². The van der Waals surface area contributed by atoms with Gasteiger partial charge in [0.1, 0.15) is 18.1 Å². The molecule has 1 fully saturated rings. The lowest BCUT2D eigenvalue weighted by Crippen LogP contribution is -2.28. The normalized spacial score (nSPS) is 14.9. The molecule has 21 heavy (non-hydrogen) atoms. The van der Waals surface area contributed by atoms with Gasteiger partial charge in [0.05, 0.1) is 13.7 Å². The highest BCUT2D eigenvalue weighted by atomic mass is 16.5. The first kappa shape index (κ1) is 15.7. The van der Waals surface area contributed by atoms with Crippen LogP contribution in [0.2, 0.25) is 0 Å². The number of amides is 1. The van der Waals surface area contributed by atoms with E-state index in [0.717, 1.165) is 23.8 Å². The first-order valence-corrected chi connectivity index (χ1v) is 7.81. The second kappa shape index (κ2) is 8.55. The lowest BCUT2D eigenvalue weighted by atomic mass is 10.0. The van der Waals surface area contributed by atoms with E-state index in [0.29, 0.717) is 19.6 Å². The molecular formula is C17H25NO3. The van der Waals surface area contributed by atoms with E-state index in [-0.39, 0.29) is 5.91 Å². The smallest absolute Gasteiger partial charge is 0.220 e. The zero-order valence-corrected chi connectivity index (χ0v) is 12.8. The highest BCUT2D eigenvalue weighted by Gasteiger charge is 2.15. The van der Waals surface area contributed by atoms with Crippen LogP contribution in [0.5, 0.6) is 11.5 Å². The molecule has 1 aromatic carbocycles. The van der Waals surface area contributed by atoms with E-state index in [9.17, 15) is 4.79 Å². The van der Waals surface area contributed by atoms with Gasteiger partial charge in [0.25, 0.3) is 0 Å². The monoisotopic (exact) mass is 291 g/mol. The molecule has 0 saturated heterocycles. The fraction of sp³-hybridized carbons (Fsp3) is 0.588. The fourth-order valence-corrected chi connectivity index (χ4v) is 2.77. The van der Waals surface area contributed by atoms with Gasteiger partial charge in [-0.05, 0) is 24.5 Å². The molecule has 0 unspecified atom stereocenters. The molecule has 1 aliphatic carbocycles. The maximum Gasteiger partial charge on any atom is 0.220 e. The van der Waals surface area contributed by atoms with Gasteiger partial charge in [-0.3, -0.25) is 4.79 Å². The molecule has 0 heterocycles. The van der Waals surface area contributed by atoms with E-state index in [1.165, 1.54) is 25.7 Å². The molecule has 1 aliphatic rings. The maximum atomic E-state index is 11.7. The van der Waals surface area contributed by atoms with Crippen molar-refractivity contribution in [2.24, 2.45) is 5.92 Å². The van der Waals surface area contributed by atoms with E-state index in [1.807, 2.05) is 24.3 Å². The van der Waals surface area contributed by atoms with E-state index < -0.39 is 0 Å². The van der Waals surface area contributed by atoms with Crippen LogP contribution in [0.15, 0.2) is 24.3 Å². The first-order chi connectivity index (χ1) is 10.3. The molecule has 116 valence electrons. The Kier molecular flexibility index (Phi) is 6.38. The third kappa shape index (κ3) is 5.66. The van der Waals surface area contributed by atoms with Gasteiger partial charge in [-0.15, -0.1) is 0 Å². The molecule has 4 heteroatoms. The number of hydrogen-bond donors (Lipinski definition) is 1. The zero-order chi connectivity index (χ0) is 14.9. The van der Waals surface area contributed by atoms with Gasteiger partial charge >= 0.3 is 0 Å². The Bertz CT molecular complexity index is 441. The minimum absolute atomic E-state index is 0.135. The summed E-state index contributed by atoms with van der Waals surface area (Å²) in [6.07, 6.45) is 6.94. The summed E-state index contributed by atoms with van der Waals surface area (Å²) in [5.74, 6) is 2.43. The van der Waals surface area contributed by atoms with Crippen LogP contribution >= 0.6 is 0 Å². The Morgan fingerprint density at radius 3 is 2.81 bits per heavy atom. The van der Waals surface area contributed by atoms with Crippen molar-refractivity contribution in [1.29, 1.82) is 0 Å². The molecule has 4 nitrogen and oxygen atoms in total. The van der Waals surface area contributed by atoms with Crippen LogP contribution in [0.25, 0.3) is 0 Å². The largest absolute Gasteiger partial charge is 0.497 e. The number of ether oxygens (including phenoxy) is 2. The molecule has 2 rings (SSSR count). The average Bonchev–Trinajstić information content (AvgIpc) is 3.03. The lowest BCUT2D eigenvalue weighted by molar-refractivity contribution is -0.121. The summed E-state index contributed by atoms with van der Waals surface area (Å²) in [6.45, 7) is 1.02. The van der Waals surface area contributed by atoms with Crippen LogP contribution in [0, 0.1) is 5.92 Å². The standard InChI is InChI=1S/C17H25NO3/c1-20-15-7-4-8-16(13-15)21-12-11-18-17(19)10-9-14-5-2-3-6-14/h4,7-8,13-14H,2-3,5-6,9-12H2,1H3,(H,18,19). The third-order valence-corrected chi connectivity index (χ3v) is 3.99. The highest BCUT2D eigenvalue weighted by Crippen LogP contribution is 2.28. The zero-order valence-electron chi connectivity index (χ0n) is 12.8. The van der Waals surface area contributed by atoms with Crippen LogP contribution in [0.3, 0.4) is 0 Å². The summed E-state index contributed by atoms with van der Waals surface area (Å²) < 4.78 is 10.7. The molecule has 1 amide bonds. The minimum atomic E-state index is 0.135. The number of hydrogen-bond acceptors (Lipinski definition) is 3. The van der Waals surface area contributed by atoms with Gasteiger partial charge in [0.15, 0.2) is 0 Å². The van der Waals surface area contributed by atoms with Crippen molar-refractivity contribution in [2.45, 2.75) is 38.5 Å². The Hall–Kier alpha value is -1.71. The molecular weight excluding hydrogens is 266 g/mol. The quantitative estimate of drug-likeness (QED) is 0.748.